The van der Waals surface area contributed by atoms with Gasteiger partial charge in [-0.25, -0.2) is 0 Å². The number of nitrogens with two attached hydrogens (primary N) is 1. The Morgan fingerprint density at radius 1 is 1.28 bits per heavy atom. The molecule has 1 saturated carbocycles. The van der Waals surface area contributed by atoms with E-state index in [4.69, 9.17) is 10.5 Å². The van der Waals surface area contributed by atoms with Gasteiger partial charge in [-0.1, -0.05) is 19.3 Å². The molecule has 100 valence electrons. The number of pyridine rings is 1. The van der Waals surface area contributed by atoms with Crippen molar-refractivity contribution in [3.63, 3.8) is 0 Å². The Labute approximate surface area is 110 Å². The summed E-state index contributed by atoms with van der Waals surface area (Å²) in [6.45, 7) is 1.58. The van der Waals surface area contributed by atoms with Crippen molar-refractivity contribution in [1.29, 1.82) is 0 Å². The summed E-state index contributed by atoms with van der Waals surface area (Å²) < 4.78 is 5.89. The minimum Gasteiger partial charge on any atom is -0.493 e. The number of rotatable bonds is 6. The summed E-state index contributed by atoms with van der Waals surface area (Å²) in [5.41, 5.74) is 6.60. The monoisotopic (exact) mass is 248 g/mol. The molecule has 3 nitrogen and oxygen atoms in total. The van der Waals surface area contributed by atoms with E-state index in [9.17, 15) is 0 Å². The van der Waals surface area contributed by atoms with Gasteiger partial charge in [0.1, 0.15) is 5.75 Å². The lowest BCUT2D eigenvalue weighted by Gasteiger charge is -2.21. The maximum atomic E-state index is 5.89. The van der Waals surface area contributed by atoms with E-state index in [1.54, 1.807) is 0 Å². The fourth-order valence-corrected chi connectivity index (χ4v) is 2.53. The molecule has 2 rings (SSSR count). The third-order valence-corrected chi connectivity index (χ3v) is 3.64. The van der Waals surface area contributed by atoms with Crippen molar-refractivity contribution in [2.75, 3.05) is 13.2 Å². The average Bonchev–Trinajstić information content (AvgIpc) is 2.44. The number of hydrogen-bond donors (Lipinski definition) is 1. The van der Waals surface area contributed by atoms with Crippen molar-refractivity contribution >= 4 is 0 Å². The molecule has 1 aliphatic carbocycles. The van der Waals surface area contributed by atoms with Crippen molar-refractivity contribution in [2.45, 2.75) is 44.9 Å². The Hall–Kier alpha value is -1.09. The summed E-state index contributed by atoms with van der Waals surface area (Å²) in [6, 6.07) is 4.01. The van der Waals surface area contributed by atoms with Crippen LogP contribution in [0, 0.1) is 5.92 Å². The number of aryl methyl sites for hydroxylation is 1. The lowest BCUT2D eigenvalue weighted by Crippen LogP contribution is -2.15. The van der Waals surface area contributed by atoms with Gasteiger partial charge in [0.05, 0.1) is 6.61 Å². The molecule has 0 saturated heterocycles. The number of hydrogen-bond acceptors (Lipinski definition) is 3. The smallest absolute Gasteiger partial charge is 0.122 e. The molecule has 2 N–H and O–H groups in total. The summed E-state index contributed by atoms with van der Waals surface area (Å²) in [6.07, 6.45) is 10.5. The Morgan fingerprint density at radius 3 is 2.89 bits per heavy atom. The van der Waals surface area contributed by atoms with Gasteiger partial charge in [0.25, 0.3) is 0 Å². The molecule has 0 unspecified atom stereocenters. The molecule has 1 fully saturated rings. The van der Waals surface area contributed by atoms with Gasteiger partial charge in [-0.15, -0.1) is 0 Å². The topological polar surface area (TPSA) is 48.1 Å². The summed E-state index contributed by atoms with van der Waals surface area (Å²) in [4.78, 5) is 4.34. The lowest BCUT2D eigenvalue weighted by molar-refractivity contribution is 0.208. The molecule has 3 heteroatoms. The zero-order valence-corrected chi connectivity index (χ0v) is 11.1. The minimum atomic E-state index is 0.717. The minimum absolute atomic E-state index is 0.717. The second-order valence-electron chi connectivity index (χ2n) is 5.19. The highest BCUT2D eigenvalue weighted by Crippen LogP contribution is 2.24. The van der Waals surface area contributed by atoms with E-state index in [1.807, 2.05) is 12.3 Å². The quantitative estimate of drug-likeness (QED) is 0.842. The van der Waals surface area contributed by atoms with E-state index in [-0.39, 0.29) is 0 Å². The van der Waals surface area contributed by atoms with Crippen molar-refractivity contribution < 1.29 is 4.74 Å². The van der Waals surface area contributed by atoms with E-state index in [0.717, 1.165) is 43.4 Å². The predicted molar refractivity (Wildman–Crippen MR) is 73.7 cm³/mol. The van der Waals surface area contributed by atoms with E-state index < -0.39 is 0 Å². The Bertz CT molecular complexity index is 348. The van der Waals surface area contributed by atoms with Crippen molar-refractivity contribution in [3.05, 3.63) is 24.0 Å². The van der Waals surface area contributed by atoms with Crippen LogP contribution in [0.25, 0.3) is 0 Å². The van der Waals surface area contributed by atoms with Crippen LogP contribution in [0.4, 0.5) is 0 Å². The van der Waals surface area contributed by atoms with Crippen LogP contribution >= 0.6 is 0 Å². The Morgan fingerprint density at radius 2 is 2.11 bits per heavy atom. The van der Waals surface area contributed by atoms with Gasteiger partial charge in [0.15, 0.2) is 0 Å². The van der Waals surface area contributed by atoms with E-state index >= 15 is 0 Å². The molecule has 0 bridgehead atoms. The maximum absolute atomic E-state index is 5.89. The molecule has 18 heavy (non-hydrogen) atoms. The first-order valence-electron chi connectivity index (χ1n) is 7.16. The van der Waals surface area contributed by atoms with Crippen LogP contribution in [-0.4, -0.2) is 18.1 Å². The molecule has 0 amide bonds. The average molecular weight is 248 g/mol. The van der Waals surface area contributed by atoms with Crippen molar-refractivity contribution in [2.24, 2.45) is 11.7 Å². The molecule has 0 spiro atoms. The normalized spacial score (nSPS) is 16.7. The maximum Gasteiger partial charge on any atom is 0.122 e. The highest BCUT2D eigenvalue weighted by molar-refractivity contribution is 5.22. The largest absolute Gasteiger partial charge is 0.493 e. The van der Waals surface area contributed by atoms with Gasteiger partial charge in [-0.3, -0.25) is 4.98 Å². The molecule has 0 radical (unpaired) electrons. The molecule has 0 atom stereocenters. The molecule has 1 aliphatic rings. The van der Waals surface area contributed by atoms with Crippen LogP contribution in [0.15, 0.2) is 18.3 Å². The predicted octanol–water partition coefficient (Wildman–Crippen LogP) is 2.93. The molecule has 0 aliphatic heterocycles. The summed E-state index contributed by atoms with van der Waals surface area (Å²) in [5, 5.41) is 0. The van der Waals surface area contributed by atoms with E-state index in [0.29, 0.717) is 0 Å². The fraction of sp³-hybridized carbons (Fsp3) is 0.667. The van der Waals surface area contributed by atoms with Crippen molar-refractivity contribution in [1.82, 2.24) is 4.98 Å². The SMILES string of the molecule is NCCCc1cc(OCC2CCCCC2)ccn1. The van der Waals surface area contributed by atoms with Gasteiger partial charge in [0.2, 0.25) is 0 Å². The van der Waals surface area contributed by atoms with Gasteiger partial charge < -0.3 is 10.5 Å². The molecular weight excluding hydrogens is 224 g/mol. The van der Waals surface area contributed by atoms with E-state index in [2.05, 4.69) is 11.1 Å². The summed E-state index contributed by atoms with van der Waals surface area (Å²) >= 11 is 0. The van der Waals surface area contributed by atoms with Gasteiger partial charge >= 0.3 is 0 Å². The Balaban J connectivity index is 1.80. The van der Waals surface area contributed by atoms with Crippen LogP contribution in [0.3, 0.4) is 0 Å². The highest BCUT2D eigenvalue weighted by atomic mass is 16.5. The standard InChI is InChI=1S/C15H24N2O/c16-9-4-7-14-11-15(8-10-17-14)18-12-13-5-2-1-3-6-13/h8,10-11,13H,1-7,9,12,16H2. The molecular formula is C15H24N2O. The van der Waals surface area contributed by atoms with Crippen LogP contribution in [0.1, 0.15) is 44.2 Å². The van der Waals surface area contributed by atoms with Gasteiger partial charge in [0, 0.05) is 18.0 Å². The lowest BCUT2D eigenvalue weighted by atomic mass is 9.90. The zero-order valence-electron chi connectivity index (χ0n) is 11.1. The second-order valence-corrected chi connectivity index (χ2v) is 5.19. The van der Waals surface area contributed by atoms with Crippen molar-refractivity contribution in [3.8, 4) is 5.75 Å². The highest BCUT2D eigenvalue weighted by Gasteiger charge is 2.13. The summed E-state index contributed by atoms with van der Waals surface area (Å²) in [7, 11) is 0. The molecule has 0 aromatic carbocycles. The number of ether oxygens (including phenoxy) is 1. The molecule has 1 aromatic heterocycles. The third-order valence-electron chi connectivity index (χ3n) is 3.64. The Kier molecular flexibility index (Phi) is 5.46. The molecule has 1 aromatic rings. The first-order chi connectivity index (χ1) is 8.88. The van der Waals surface area contributed by atoms with Crippen LogP contribution < -0.4 is 10.5 Å². The fourth-order valence-electron chi connectivity index (χ4n) is 2.53. The first-order valence-corrected chi connectivity index (χ1v) is 7.16. The van der Waals surface area contributed by atoms with Crippen LogP contribution in [0.5, 0.6) is 5.75 Å². The first kappa shape index (κ1) is 13.3. The number of nitrogens with zero attached hydrogens (tertiary/aromatic N) is 1. The van der Waals surface area contributed by atoms with Crippen LogP contribution in [0.2, 0.25) is 0 Å². The third kappa shape index (κ3) is 4.30. The molecule has 1 heterocycles. The van der Waals surface area contributed by atoms with E-state index in [1.165, 1.54) is 32.1 Å². The zero-order chi connectivity index (χ0) is 12.6. The van der Waals surface area contributed by atoms with Crippen LogP contribution in [-0.2, 0) is 6.42 Å². The number of aromatic nitrogens is 1. The van der Waals surface area contributed by atoms with Gasteiger partial charge in [-0.2, -0.15) is 0 Å². The van der Waals surface area contributed by atoms with Gasteiger partial charge in [-0.05, 0) is 44.2 Å². The summed E-state index contributed by atoms with van der Waals surface area (Å²) in [5.74, 6) is 1.71. The second kappa shape index (κ2) is 7.37.